The average molecular weight is 140 g/mol. The van der Waals surface area contributed by atoms with E-state index in [1.54, 1.807) is 0 Å². The summed E-state index contributed by atoms with van der Waals surface area (Å²) in [4.78, 5) is 0. The van der Waals surface area contributed by atoms with Crippen molar-refractivity contribution in [2.24, 2.45) is 0 Å². The third-order valence-electron chi connectivity index (χ3n) is 0.462. The molecule has 50 valence electrons. The zero-order valence-corrected chi connectivity index (χ0v) is 4.81. The van der Waals surface area contributed by atoms with Gasteiger partial charge >= 0.3 is 0 Å². The lowest BCUT2D eigenvalue weighted by atomic mass is 10.8. The number of hydrogen-bond donors (Lipinski definition) is 2. The van der Waals surface area contributed by atoms with E-state index in [0.717, 1.165) is 0 Å². The normalized spacial score (nSPS) is 11.8. The highest BCUT2D eigenvalue weighted by Gasteiger charge is 1.99. The molecule has 0 aromatic rings. The highest BCUT2D eigenvalue weighted by Crippen LogP contribution is 1.76. The van der Waals surface area contributed by atoms with Crippen LogP contribution >= 0.6 is 0 Å². The first kappa shape index (κ1) is 7.83. The maximum absolute atomic E-state index is 9.77. The van der Waals surface area contributed by atoms with E-state index < -0.39 is 15.9 Å². The molecular formula is C2H6NO4S-. The molecule has 0 spiro atoms. The first-order valence-electron chi connectivity index (χ1n) is 1.86. The third-order valence-corrected chi connectivity index (χ3v) is 1.18. The maximum atomic E-state index is 9.77. The topological polar surface area (TPSA) is 89.5 Å². The Balaban J connectivity index is 3.42. The highest BCUT2D eigenvalue weighted by atomic mass is 32.2. The number of hydrogen-bond acceptors (Lipinski definition) is 4. The molecule has 0 radical (unpaired) electrons. The van der Waals surface area contributed by atoms with E-state index in [-0.39, 0.29) is 6.54 Å². The van der Waals surface area contributed by atoms with Gasteiger partial charge in [0.15, 0.2) is 0 Å². The van der Waals surface area contributed by atoms with Crippen molar-refractivity contribution in [3.8, 4) is 0 Å². The van der Waals surface area contributed by atoms with Gasteiger partial charge in [-0.15, -0.1) is 0 Å². The van der Waals surface area contributed by atoms with Crippen molar-refractivity contribution < 1.29 is 13.0 Å². The molecule has 0 saturated heterocycles. The van der Waals surface area contributed by atoms with Crippen LogP contribution < -0.4 is 5.48 Å². The van der Waals surface area contributed by atoms with Crippen molar-refractivity contribution in [2.75, 3.05) is 12.3 Å². The second kappa shape index (κ2) is 2.98. The molecule has 0 aliphatic carbocycles. The van der Waals surface area contributed by atoms with Crippen LogP contribution in [0.2, 0.25) is 0 Å². The summed E-state index contributed by atoms with van der Waals surface area (Å²) in [6.07, 6.45) is 0. The first-order chi connectivity index (χ1) is 3.56. The molecule has 0 saturated carbocycles. The summed E-state index contributed by atoms with van der Waals surface area (Å²) in [5.41, 5.74) is 1.34. The summed E-state index contributed by atoms with van der Waals surface area (Å²) < 4.78 is 27.5. The Morgan fingerprint density at radius 3 is 2.25 bits per heavy atom. The van der Waals surface area contributed by atoms with E-state index in [1.165, 1.54) is 5.48 Å². The van der Waals surface area contributed by atoms with Crippen LogP contribution in [0.5, 0.6) is 0 Å². The number of nitrogens with one attached hydrogen (secondary N) is 1. The fraction of sp³-hybridized carbons (Fsp3) is 1.00. The van der Waals surface area contributed by atoms with Gasteiger partial charge in [0.25, 0.3) is 10.1 Å². The molecule has 0 aliphatic heterocycles. The average Bonchev–Trinajstić information content (AvgIpc) is 1.59. The van der Waals surface area contributed by atoms with Gasteiger partial charge in [-0.2, -0.15) is 8.42 Å². The highest BCUT2D eigenvalue weighted by molar-refractivity contribution is 7.85. The van der Waals surface area contributed by atoms with Crippen molar-refractivity contribution in [1.82, 2.24) is 5.48 Å². The molecule has 0 atom stereocenters. The lowest BCUT2D eigenvalue weighted by Crippen LogP contribution is -2.16. The van der Waals surface area contributed by atoms with Gasteiger partial charge in [0.2, 0.25) is 0 Å². The minimum Gasteiger partial charge on any atom is -0.788 e. The lowest BCUT2D eigenvalue weighted by Gasteiger charge is -2.02. The summed E-state index contributed by atoms with van der Waals surface area (Å²) in [6.45, 7) is -0.265. The Bertz CT molecular complexity index is 138. The monoisotopic (exact) mass is 140 g/mol. The Labute approximate surface area is 47.0 Å². The predicted molar refractivity (Wildman–Crippen MR) is 27.8 cm³/mol. The van der Waals surface area contributed by atoms with Crippen molar-refractivity contribution in [1.29, 1.82) is 0 Å². The van der Waals surface area contributed by atoms with Crippen LogP contribution in [-0.4, -0.2) is 25.3 Å². The maximum Gasteiger partial charge on any atom is 0.266 e. The molecule has 2 N–H and O–H groups in total. The lowest BCUT2D eigenvalue weighted by molar-refractivity contribution is 0.482. The van der Waals surface area contributed by atoms with Gasteiger partial charge < -0.3 is 10.7 Å². The van der Waals surface area contributed by atoms with E-state index in [2.05, 4.69) is 0 Å². The van der Waals surface area contributed by atoms with Gasteiger partial charge in [-0.05, 0) is 6.54 Å². The fourth-order valence-electron chi connectivity index (χ4n) is 0.171. The Kier molecular flexibility index (Phi) is 2.91. The third kappa shape index (κ3) is 5.83. The second-order valence-corrected chi connectivity index (χ2v) is 2.75. The van der Waals surface area contributed by atoms with Crippen molar-refractivity contribution >= 4 is 10.1 Å². The molecule has 6 heteroatoms. The van der Waals surface area contributed by atoms with Crippen molar-refractivity contribution in [3.05, 3.63) is 5.21 Å². The Hall–Kier alpha value is -0.170. The molecule has 0 heterocycles. The van der Waals surface area contributed by atoms with E-state index in [9.17, 15) is 13.6 Å². The summed E-state index contributed by atoms with van der Waals surface area (Å²) in [5, 5.41) is 9.35. The van der Waals surface area contributed by atoms with Crippen molar-refractivity contribution in [3.63, 3.8) is 0 Å². The molecule has 0 rings (SSSR count). The SMILES string of the molecule is O=S(=O)(O)CCN[O-]. The van der Waals surface area contributed by atoms with Crippen LogP contribution in [0.1, 0.15) is 0 Å². The summed E-state index contributed by atoms with van der Waals surface area (Å²) in [5.74, 6) is -0.531. The molecular weight excluding hydrogens is 134 g/mol. The smallest absolute Gasteiger partial charge is 0.266 e. The number of rotatable bonds is 3. The molecule has 8 heavy (non-hydrogen) atoms. The standard InChI is InChI=1S/C2H6NO4S/c4-3-1-2-8(5,6)7/h3H,1-2H2,(H,5,6,7)/q-1. The molecule has 0 aromatic carbocycles. The van der Waals surface area contributed by atoms with Gasteiger partial charge in [0.1, 0.15) is 0 Å². The quantitative estimate of drug-likeness (QED) is 0.386. The first-order valence-corrected chi connectivity index (χ1v) is 3.47. The predicted octanol–water partition coefficient (Wildman–Crippen LogP) is -1.04. The Morgan fingerprint density at radius 1 is 1.62 bits per heavy atom. The van der Waals surface area contributed by atoms with Crippen LogP contribution in [0.4, 0.5) is 0 Å². The van der Waals surface area contributed by atoms with Crippen LogP contribution in [0.25, 0.3) is 0 Å². The molecule has 0 aromatic heterocycles. The van der Waals surface area contributed by atoms with E-state index in [1.807, 2.05) is 0 Å². The zero-order valence-electron chi connectivity index (χ0n) is 3.99. The minimum atomic E-state index is -3.95. The van der Waals surface area contributed by atoms with Crippen LogP contribution in [0.15, 0.2) is 0 Å². The second-order valence-electron chi connectivity index (χ2n) is 1.18. The van der Waals surface area contributed by atoms with E-state index >= 15 is 0 Å². The molecule has 5 nitrogen and oxygen atoms in total. The van der Waals surface area contributed by atoms with Crippen LogP contribution in [0.3, 0.4) is 0 Å². The van der Waals surface area contributed by atoms with Crippen LogP contribution in [0, 0.1) is 5.21 Å². The summed E-state index contributed by atoms with van der Waals surface area (Å²) in [7, 11) is -3.95. The molecule has 0 aliphatic rings. The van der Waals surface area contributed by atoms with E-state index in [4.69, 9.17) is 4.55 Å². The molecule has 0 unspecified atom stereocenters. The van der Waals surface area contributed by atoms with Gasteiger partial charge in [0.05, 0.1) is 5.75 Å². The zero-order chi connectivity index (χ0) is 6.62. The summed E-state index contributed by atoms with van der Waals surface area (Å²) >= 11 is 0. The number of hydroxylamine groups is 1. The van der Waals surface area contributed by atoms with E-state index in [0.29, 0.717) is 0 Å². The van der Waals surface area contributed by atoms with Gasteiger partial charge in [-0.3, -0.25) is 4.55 Å². The Morgan fingerprint density at radius 2 is 2.12 bits per heavy atom. The summed E-state index contributed by atoms with van der Waals surface area (Å²) in [6, 6.07) is 0. The molecule has 0 bridgehead atoms. The van der Waals surface area contributed by atoms with Crippen LogP contribution in [-0.2, 0) is 10.1 Å². The molecule has 0 fully saturated rings. The minimum absolute atomic E-state index is 0.265. The van der Waals surface area contributed by atoms with Crippen molar-refractivity contribution in [2.45, 2.75) is 0 Å². The fourth-order valence-corrected chi connectivity index (χ4v) is 0.512. The van der Waals surface area contributed by atoms with Gasteiger partial charge in [0, 0.05) is 0 Å². The van der Waals surface area contributed by atoms with Gasteiger partial charge in [-0.1, -0.05) is 0 Å². The largest absolute Gasteiger partial charge is 0.788 e. The van der Waals surface area contributed by atoms with Gasteiger partial charge in [-0.25, -0.2) is 0 Å². The molecule has 0 amide bonds.